The molecule has 3 nitrogen and oxygen atoms in total. The average Bonchev–Trinajstić information content (AvgIpc) is 2.78. The Bertz CT molecular complexity index is 760. The quantitative estimate of drug-likeness (QED) is 0.678. The molecule has 0 spiro atoms. The van der Waals surface area contributed by atoms with Crippen molar-refractivity contribution < 1.29 is 13.2 Å². The van der Waals surface area contributed by atoms with Crippen LogP contribution in [0.5, 0.6) is 0 Å². The van der Waals surface area contributed by atoms with Gasteiger partial charge >= 0.3 is 6.18 Å². The van der Waals surface area contributed by atoms with Gasteiger partial charge in [0.25, 0.3) is 0 Å². The Labute approximate surface area is 112 Å². The molecule has 0 saturated heterocycles. The topological polar surface area (TPSA) is 30.2 Å². The smallest absolute Gasteiger partial charge is 0.222 e. The summed E-state index contributed by atoms with van der Waals surface area (Å²) in [5.41, 5.74) is 0.298. The number of hydrogen-bond acceptors (Lipinski definition) is 2. The lowest BCUT2D eigenvalue weighted by Crippen LogP contribution is -2.08. The number of rotatable bonds is 1. The van der Waals surface area contributed by atoms with Gasteiger partial charge in [0.05, 0.1) is 5.69 Å². The molecule has 2 aromatic heterocycles. The molecule has 0 radical (unpaired) electrons. The maximum atomic E-state index is 13.2. The van der Waals surface area contributed by atoms with E-state index in [-0.39, 0.29) is 11.3 Å². The second-order valence-corrected chi connectivity index (χ2v) is 4.42. The van der Waals surface area contributed by atoms with Crippen molar-refractivity contribution in [3.05, 3.63) is 53.9 Å². The molecule has 0 aliphatic heterocycles. The van der Waals surface area contributed by atoms with E-state index in [9.17, 15) is 13.2 Å². The lowest BCUT2D eigenvalue weighted by atomic mass is 10.1. The Morgan fingerprint density at radius 3 is 2.35 bits per heavy atom. The van der Waals surface area contributed by atoms with Crippen molar-refractivity contribution in [2.45, 2.75) is 13.1 Å². The maximum Gasteiger partial charge on any atom is 0.435 e. The van der Waals surface area contributed by atoms with Crippen LogP contribution in [0.25, 0.3) is 16.9 Å². The lowest BCUT2D eigenvalue weighted by Gasteiger charge is -2.07. The standard InChI is InChI=1S/C14H10F3N3/c1-9-7-8-11-18-13(14(15,16)17)12(20(11)19-9)10-5-3-2-4-6-10/h2-8H,1H3. The number of nitrogens with zero attached hydrogens (tertiary/aromatic N) is 3. The molecule has 1 aromatic carbocycles. The molecule has 0 aliphatic carbocycles. The Morgan fingerprint density at radius 1 is 1.00 bits per heavy atom. The van der Waals surface area contributed by atoms with Crippen LogP contribution < -0.4 is 0 Å². The zero-order chi connectivity index (χ0) is 14.3. The minimum atomic E-state index is -4.52. The van der Waals surface area contributed by atoms with E-state index in [1.165, 1.54) is 10.6 Å². The Hall–Kier alpha value is -2.37. The van der Waals surface area contributed by atoms with Crippen LogP contribution in [0, 0.1) is 6.92 Å². The number of alkyl halides is 3. The average molecular weight is 277 g/mol. The largest absolute Gasteiger partial charge is 0.435 e. The fourth-order valence-electron chi connectivity index (χ4n) is 2.08. The van der Waals surface area contributed by atoms with Gasteiger partial charge in [-0.05, 0) is 19.1 Å². The molecule has 0 bridgehead atoms. The molecule has 20 heavy (non-hydrogen) atoms. The van der Waals surface area contributed by atoms with Crippen molar-refractivity contribution in [1.82, 2.24) is 14.6 Å². The third-order valence-electron chi connectivity index (χ3n) is 2.93. The van der Waals surface area contributed by atoms with Crippen molar-refractivity contribution in [1.29, 1.82) is 0 Å². The molecule has 0 atom stereocenters. The summed E-state index contributed by atoms with van der Waals surface area (Å²) in [5, 5.41) is 4.14. The van der Waals surface area contributed by atoms with Crippen molar-refractivity contribution >= 4 is 5.65 Å². The third kappa shape index (κ3) is 2.03. The first-order valence-electron chi connectivity index (χ1n) is 5.96. The molecule has 6 heteroatoms. The molecule has 0 fully saturated rings. The molecule has 102 valence electrons. The summed E-state index contributed by atoms with van der Waals surface area (Å²) >= 11 is 0. The van der Waals surface area contributed by atoms with Crippen LogP contribution >= 0.6 is 0 Å². The normalized spacial score (nSPS) is 12.0. The molecule has 0 N–H and O–H groups in total. The van der Waals surface area contributed by atoms with Gasteiger partial charge in [-0.2, -0.15) is 18.3 Å². The zero-order valence-electron chi connectivity index (χ0n) is 10.5. The Balaban J connectivity index is 2.40. The van der Waals surface area contributed by atoms with Gasteiger partial charge in [-0.15, -0.1) is 0 Å². The molecule has 0 unspecified atom stereocenters. The number of aryl methyl sites for hydroxylation is 1. The summed E-state index contributed by atoms with van der Waals surface area (Å²) in [6, 6.07) is 11.5. The number of hydrogen-bond donors (Lipinski definition) is 0. The van der Waals surface area contributed by atoms with Crippen LogP contribution in [-0.4, -0.2) is 14.6 Å². The van der Waals surface area contributed by atoms with Gasteiger partial charge in [-0.1, -0.05) is 30.3 Å². The summed E-state index contributed by atoms with van der Waals surface area (Å²) in [7, 11) is 0. The van der Waals surface area contributed by atoms with Crippen molar-refractivity contribution in [2.24, 2.45) is 0 Å². The summed E-state index contributed by atoms with van der Waals surface area (Å²) < 4.78 is 40.8. The minimum Gasteiger partial charge on any atom is -0.222 e. The summed E-state index contributed by atoms with van der Waals surface area (Å²) in [6.45, 7) is 1.72. The van der Waals surface area contributed by atoms with Crippen LogP contribution in [0.1, 0.15) is 11.4 Å². The molecule has 2 heterocycles. The van der Waals surface area contributed by atoms with Crippen molar-refractivity contribution in [2.75, 3.05) is 0 Å². The lowest BCUT2D eigenvalue weighted by molar-refractivity contribution is -0.140. The van der Waals surface area contributed by atoms with Crippen LogP contribution in [-0.2, 0) is 6.18 Å². The summed E-state index contributed by atoms with van der Waals surface area (Å²) in [6.07, 6.45) is -4.52. The van der Waals surface area contributed by atoms with Gasteiger partial charge in [-0.3, -0.25) is 0 Å². The first-order valence-corrected chi connectivity index (χ1v) is 5.96. The SMILES string of the molecule is Cc1ccc2nc(C(F)(F)F)c(-c3ccccc3)n2n1. The predicted octanol–water partition coefficient (Wildman–Crippen LogP) is 3.72. The number of halogens is 3. The Kier molecular flexibility index (Phi) is 2.74. The first-order chi connectivity index (χ1) is 9.47. The number of aromatic nitrogens is 3. The van der Waals surface area contributed by atoms with E-state index < -0.39 is 11.9 Å². The van der Waals surface area contributed by atoms with Gasteiger partial charge in [0.15, 0.2) is 11.3 Å². The minimum absolute atomic E-state index is 0.0307. The van der Waals surface area contributed by atoms with Crippen molar-refractivity contribution in [3.63, 3.8) is 0 Å². The molecule has 0 amide bonds. The van der Waals surface area contributed by atoms with E-state index in [2.05, 4.69) is 10.1 Å². The van der Waals surface area contributed by atoms with E-state index >= 15 is 0 Å². The van der Waals surface area contributed by atoms with Gasteiger partial charge in [0, 0.05) is 5.56 Å². The van der Waals surface area contributed by atoms with E-state index in [1.807, 2.05) is 0 Å². The highest BCUT2D eigenvalue weighted by molar-refractivity contribution is 5.67. The van der Waals surface area contributed by atoms with Gasteiger partial charge < -0.3 is 0 Å². The highest BCUT2D eigenvalue weighted by atomic mass is 19.4. The molecule has 0 aliphatic rings. The molecular formula is C14H10F3N3. The van der Waals surface area contributed by atoms with Crippen LogP contribution in [0.15, 0.2) is 42.5 Å². The second-order valence-electron chi connectivity index (χ2n) is 4.42. The third-order valence-corrected chi connectivity index (χ3v) is 2.93. The van der Waals surface area contributed by atoms with Crippen molar-refractivity contribution in [3.8, 4) is 11.3 Å². The summed E-state index contributed by atoms with van der Waals surface area (Å²) in [5.74, 6) is 0. The van der Waals surface area contributed by atoms with Crippen LogP contribution in [0.3, 0.4) is 0 Å². The molecule has 3 rings (SSSR count). The van der Waals surface area contributed by atoms with Gasteiger partial charge in [-0.25, -0.2) is 9.50 Å². The van der Waals surface area contributed by atoms with Crippen LogP contribution in [0.4, 0.5) is 13.2 Å². The summed E-state index contributed by atoms with van der Waals surface area (Å²) in [4.78, 5) is 3.68. The molecule has 3 aromatic rings. The molecular weight excluding hydrogens is 267 g/mol. The predicted molar refractivity (Wildman–Crippen MR) is 68.2 cm³/mol. The van der Waals surface area contributed by atoms with E-state index in [0.717, 1.165) is 0 Å². The fraction of sp³-hybridized carbons (Fsp3) is 0.143. The second kappa shape index (κ2) is 4.33. The van der Waals surface area contributed by atoms with E-state index in [1.54, 1.807) is 43.3 Å². The number of imidazole rings is 1. The number of fused-ring (bicyclic) bond motifs is 1. The molecule has 0 saturated carbocycles. The highest BCUT2D eigenvalue weighted by Gasteiger charge is 2.38. The fourth-order valence-corrected chi connectivity index (χ4v) is 2.08. The van der Waals surface area contributed by atoms with E-state index in [0.29, 0.717) is 11.3 Å². The maximum absolute atomic E-state index is 13.2. The number of benzene rings is 1. The van der Waals surface area contributed by atoms with Gasteiger partial charge in [0.2, 0.25) is 0 Å². The first kappa shape index (κ1) is 12.7. The highest BCUT2D eigenvalue weighted by Crippen LogP contribution is 2.36. The Morgan fingerprint density at radius 2 is 1.70 bits per heavy atom. The van der Waals surface area contributed by atoms with E-state index in [4.69, 9.17) is 0 Å². The zero-order valence-corrected chi connectivity index (χ0v) is 10.5. The van der Waals surface area contributed by atoms with Crippen LogP contribution in [0.2, 0.25) is 0 Å². The van der Waals surface area contributed by atoms with Gasteiger partial charge in [0.1, 0.15) is 5.69 Å². The monoisotopic (exact) mass is 277 g/mol.